The molecule has 0 fully saturated rings. The fourth-order valence-corrected chi connectivity index (χ4v) is 3.02. The van der Waals surface area contributed by atoms with Gasteiger partial charge in [-0.3, -0.25) is 9.52 Å². The molecule has 0 spiro atoms. The molecule has 0 aromatic heterocycles. The summed E-state index contributed by atoms with van der Waals surface area (Å²) < 4.78 is 54.2. The minimum atomic E-state index is -4.11. The molecule has 1 amide bonds. The Morgan fingerprint density at radius 1 is 1.00 bits per heavy atom. The molecule has 0 heterocycles. The lowest BCUT2D eigenvalue weighted by Gasteiger charge is -2.17. The van der Waals surface area contributed by atoms with E-state index < -0.39 is 32.8 Å². The van der Waals surface area contributed by atoms with E-state index in [0.29, 0.717) is 5.69 Å². The summed E-state index contributed by atoms with van der Waals surface area (Å²) >= 11 is 0. The number of hydrogen-bond donors (Lipinski definition) is 2. The van der Waals surface area contributed by atoms with Gasteiger partial charge in [-0.1, -0.05) is 20.8 Å². The zero-order valence-electron chi connectivity index (χ0n) is 14.9. The van der Waals surface area contributed by atoms with E-state index in [1.54, 1.807) is 20.8 Å². The molecular weight excluding hydrogens is 362 g/mol. The van der Waals surface area contributed by atoms with Crippen molar-refractivity contribution < 1.29 is 22.0 Å². The summed E-state index contributed by atoms with van der Waals surface area (Å²) in [6.07, 6.45) is 0. The molecule has 0 saturated heterocycles. The number of amides is 1. The normalized spacial score (nSPS) is 11.9. The first-order valence-electron chi connectivity index (χ1n) is 7.80. The largest absolute Gasteiger partial charge is 0.326 e. The van der Waals surface area contributed by atoms with Crippen molar-refractivity contribution in [3.05, 3.63) is 53.6 Å². The SMILES string of the molecule is Cc1cc(F)c(NS(=O)(=O)c2ccc(NC(=O)C(C)(C)C)cc2)cc1F. The molecule has 26 heavy (non-hydrogen) atoms. The lowest BCUT2D eigenvalue weighted by molar-refractivity contribution is -0.123. The molecule has 0 aliphatic rings. The monoisotopic (exact) mass is 382 g/mol. The van der Waals surface area contributed by atoms with E-state index in [1.165, 1.54) is 31.2 Å². The van der Waals surface area contributed by atoms with Gasteiger partial charge >= 0.3 is 0 Å². The number of halogens is 2. The molecular formula is C18H20F2N2O3S. The summed E-state index contributed by atoms with van der Waals surface area (Å²) in [6, 6.07) is 7.08. The Bertz CT molecular complexity index is 934. The van der Waals surface area contributed by atoms with Gasteiger partial charge in [-0.25, -0.2) is 17.2 Å². The average molecular weight is 382 g/mol. The summed E-state index contributed by atoms with van der Waals surface area (Å²) in [4.78, 5) is 11.8. The van der Waals surface area contributed by atoms with Gasteiger partial charge in [0.05, 0.1) is 10.6 Å². The average Bonchev–Trinajstić information content (AvgIpc) is 2.52. The number of sulfonamides is 1. The number of nitrogens with one attached hydrogen (secondary N) is 2. The van der Waals surface area contributed by atoms with Crippen LogP contribution in [0.3, 0.4) is 0 Å². The highest BCUT2D eigenvalue weighted by molar-refractivity contribution is 7.92. The summed E-state index contributed by atoms with van der Waals surface area (Å²) in [7, 11) is -4.11. The van der Waals surface area contributed by atoms with Crippen molar-refractivity contribution in [3.8, 4) is 0 Å². The predicted molar refractivity (Wildman–Crippen MR) is 96.4 cm³/mol. The Morgan fingerprint density at radius 3 is 2.12 bits per heavy atom. The molecule has 140 valence electrons. The van der Waals surface area contributed by atoms with Crippen LogP contribution in [0.2, 0.25) is 0 Å². The van der Waals surface area contributed by atoms with Gasteiger partial charge in [0.2, 0.25) is 5.91 Å². The fourth-order valence-electron chi connectivity index (χ4n) is 1.96. The number of hydrogen-bond acceptors (Lipinski definition) is 3. The summed E-state index contributed by atoms with van der Waals surface area (Å²) in [5.74, 6) is -1.81. The third-order valence-corrected chi connectivity index (χ3v) is 4.98. The van der Waals surface area contributed by atoms with Crippen LogP contribution in [0, 0.1) is 24.0 Å². The lowest BCUT2D eigenvalue weighted by atomic mass is 9.95. The molecule has 2 N–H and O–H groups in total. The van der Waals surface area contributed by atoms with Crippen molar-refractivity contribution in [3.63, 3.8) is 0 Å². The van der Waals surface area contributed by atoms with Gasteiger partial charge < -0.3 is 5.32 Å². The van der Waals surface area contributed by atoms with Crippen LogP contribution >= 0.6 is 0 Å². The molecule has 2 rings (SSSR count). The second kappa shape index (κ2) is 7.03. The van der Waals surface area contributed by atoms with E-state index in [9.17, 15) is 22.0 Å². The van der Waals surface area contributed by atoms with Gasteiger partial charge in [0.1, 0.15) is 11.6 Å². The zero-order chi connectivity index (χ0) is 19.7. The third kappa shape index (κ3) is 4.57. The van der Waals surface area contributed by atoms with Crippen molar-refractivity contribution in [1.82, 2.24) is 0 Å². The molecule has 0 aliphatic carbocycles. The first-order valence-corrected chi connectivity index (χ1v) is 9.28. The van der Waals surface area contributed by atoms with E-state index >= 15 is 0 Å². The van der Waals surface area contributed by atoms with Gasteiger partial charge in [0.25, 0.3) is 10.0 Å². The maximum atomic E-state index is 13.9. The van der Waals surface area contributed by atoms with E-state index in [2.05, 4.69) is 5.32 Å². The summed E-state index contributed by atoms with van der Waals surface area (Å²) in [6.45, 7) is 6.63. The molecule has 0 atom stereocenters. The van der Waals surface area contributed by atoms with Gasteiger partial charge in [0, 0.05) is 17.2 Å². The van der Waals surface area contributed by atoms with E-state index in [4.69, 9.17) is 0 Å². The highest BCUT2D eigenvalue weighted by Gasteiger charge is 2.22. The molecule has 2 aromatic rings. The number of anilines is 2. The summed E-state index contributed by atoms with van der Waals surface area (Å²) in [5, 5.41) is 2.67. The van der Waals surface area contributed by atoms with Crippen molar-refractivity contribution in [2.45, 2.75) is 32.6 Å². The summed E-state index contributed by atoms with van der Waals surface area (Å²) in [5.41, 5.74) is -0.571. The number of benzene rings is 2. The third-order valence-electron chi connectivity index (χ3n) is 3.60. The number of carbonyl (C=O) groups is 1. The van der Waals surface area contributed by atoms with E-state index in [-0.39, 0.29) is 16.4 Å². The molecule has 0 aliphatic heterocycles. The minimum Gasteiger partial charge on any atom is -0.326 e. The van der Waals surface area contributed by atoms with Gasteiger partial charge in [-0.2, -0.15) is 0 Å². The Hall–Kier alpha value is -2.48. The van der Waals surface area contributed by atoms with Crippen LogP contribution in [-0.2, 0) is 14.8 Å². The van der Waals surface area contributed by atoms with Crippen LogP contribution in [0.1, 0.15) is 26.3 Å². The molecule has 0 radical (unpaired) electrons. The van der Waals surface area contributed by atoms with Crippen molar-refractivity contribution in [1.29, 1.82) is 0 Å². The topological polar surface area (TPSA) is 75.3 Å². The number of carbonyl (C=O) groups excluding carboxylic acids is 1. The quantitative estimate of drug-likeness (QED) is 0.837. The Labute approximate surface area is 151 Å². The van der Waals surface area contributed by atoms with E-state index in [0.717, 1.165) is 12.1 Å². The molecule has 5 nitrogen and oxygen atoms in total. The molecule has 8 heteroatoms. The van der Waals surface area contributed by atoms with Crippen LogP contribution in [-0.4, -0.2) is 14.3 Å². The van der Waals surface area contributed by atoms with Gasteiger partial charge in [-0.15, -0.1) is 0 Å². The Morgan fingerprint density at radius 2 is 1.58 bits per heavy atom. The highest BCUT2D eigenvalue weighted by atomic mass is 32.2. The second-order valence-electron chi connectivity index (χ2n) is 6.92. The Balaban J connectivity index is 2.22. The first kappa shape index (κ1) is 19.8. The van der Waals surface area contributed by atoms with Crippen LogP contribution in [0.15, 0.2) is 41.3 Å². The smallest absolute Gasteiger partial charge is 0.261 e. The van der Waals surface area contributed by atoms with Crippen LogP contribution < -0.4 is 10.0 Å². The molecule has 0 saturated carbocycles. The molecule has 0 bridgehead atoms. The number of rotatable bonds is 4. The van der Waals surface area contributed by atoms with Crippen LogP contribution in [0.5, 0.6) is 0 Å². The maximum absolute atomic E-state index is 13.9. The van der Waals surface area contributed by atoms with Crippen molar-refractivity contribution in [2.75, 3.05) is 10.0 Å². The van der Waals surface area contributed by atoms with E-state index in [1.807, 2.05) is 4.72 Å². The van der Waals surface area contributed by atoms with Crippen LogP contribution in [0.4, 0.5) is 20.2 Å². The second-order valence-corrected chi connectivity index (χ2v) is 8.60. The zero-order valence-corrected chi connectivity index (χ0v) is 15.7. The fraction of sp³-hybridized carbons (Fsp3) is 0.278. The molecule has 2 aromatic carbocycles. The lowest BCUT2D eigenvalue weighted by Crippen LogP contribution is -2.27. The molecule has 0 unspecified atom stereocenters. The predicted octanol–water partition coefficient (Wildman–Crippen LogP) is 4.06. The highest BCUT2D eigenvalue weighted by Crippen LogP contribution is 2.24. The van der Waals surface area contributed by atoms with Crippen molar-refractivity contribution >= 4 is 27.3 Å². The van der Waals surface area contributed by atoms with Crippen molar-refractivity contribution in [2.24, 2.45) is 5.41 Å². The van der Waals surface area contributed by atoms with Crippen LogP contribution in [0.25, 0.3) is 0 Å². The van der Waals surface area contributed by atoms with Gasteiger partial charge in [-0.05, 0) is 42.8 Å². The minimum absolute atomic E-state index is 0.0735. The standard InChI is InChI=1S/C18H20F2N2O3S/c1-11-9-15(20)16(10-14(11)19)22-26(24,25)13-7-5-12(6-8-13)21-17(23)18(2,3)4/h5-10,22H,1-4H3,(H,21,23). The first-order chi connectivity index (χ1) is 11.9. The number of aryl methyl sites for hydroxylation is 1. The van der Waals surface area contributed by atoms with Gasteiger partial charge in [0.15, 0.2) is 0 Å². The maximum Gasteiger partial charge on any atom is 0.261 e. The Kier molecular flexibility index (Phi) is 5.36.